The summed E-state index contributed by atoms with van der Waals surface area (Å²) in [4.78, 5) is 17.1. The summed E-state index contributed by atoms with van der Waals surface area (Å²) in [6, 6.07) is 11.0. The molecule has 1 aliphatic heterocycles. The van der Waals surface area contributed by atoms with Crippen molar-refractivity contribution >= 4 is 21.9 Å². The quantitative estimate of drug-likeness (QED) is 0.642. The normalized spacial score (nSPS) is 17.7. The number of aromatic nitrogens is 1. The number of pyridine rings is 1. The molecular weight excluding hydrogens is 444 g/mol. The number of nitrogens with one attached hydrogen (secondary N) is 1. The third-order valence-electron chi connectivity index (χ3n) is 4.72. The second kappa shape index (κ2) is 11.2. The molecule has 1 aliphatic rings. The average molecular weight is 472 g/mol. The average Bonchev–Trinajstić information content (AvgIpc) is 2.71. The molecule has 32 heavy (non-hydrogen) atoms. The van der Waals surface area contributed by atoms with Crippen LogP contribution in [0.25, 0.3) is 0 Å². The molecule has 8 nitrogen and oxygen atoms in total. The topological polar surface area (TPSA) is 109 Å². The number of benzene rings is 1. The first kappa shape index (κ1) is 25.5. The van der Waals surface area contributed by atoms with Crippen molar-refractivity contribution < 1.29 is 31.3 Å². The van der Waals surface area contributed by atoms with Gasteiger partial charge in [-0.3, -0.25) is 9.54 Å². The number of carbonyl (C=O) groups is 1. The molecule has 2 heterocycles. The van der Waals surface area contributed by atoms with Gasteiger partial charge in [0, 0.05) is 37.1 Å². The fraction of sp³-hybridized carbons (Fsp3) is 0.429. The van der Waals surface area contributed by atoms with Gasteiger partial charge in [-0.05, 0) is 31.0 Å². The van der Waals surface area contributed by atoms with Crippen molar-refractivity contribution in [2.24, 2.45) is 5.92 Å². The number of anilines is 1. The number of likely N-dealkylation sites (tertiary alicyclic amines) is 1. The molecule has 1 aromatic carbocycles. The maximum absolute atomic E-state index is 14.5. The highest BCUT2D eigenvalue weighted by molar-refractivity contribution is 7.85. The van der Waals surface area contributed by atoms with E-state index in [0.29, 0.717) is 6.26 Å². The van der Waals surface area contributed by atoms with Gasteiger partial charge in [-0.15, -0.1) is 0 Å². The Morgan fingerprint density at radius 3 is 2.41 bits per heavy atom. The van der Waals surface area contributed by atoms with Crippen LogP contribution in [-0.4, -0.2) is 60.8 Å². The number of nitrogens with zero attached hydrogens (tertiary/aromatic N) is 2. The van der Waals surface area contributed by atoms with Gasteiger partial charge in [0.15, 0.2) is 0 Å². The Morgan fingerprint density at radius 2 is 1.84 bits per heavy atom. The molecule has 0 bridgehead atoms. The third kappa shape index (κ3) is 9.15. The third-order valence-corrected chi connectivity index (χ3v) is 4.72. The van der Waals surface area contributed by atoms with Gasteiger partial charge in [-0.1, -0.05) is 29.8 Å². The van der Waals surface area contributed by atoms with E-state index in [1.165, 1.54) is 0 Å². The first-order valence-electron chi connectivity index (χ1n) is 9.85. The minimum absolute atomic E-state index is 0.0776. The Bertz CT molecular complexity index is 965. The molecule has 0 radical (unpaired) electrons. The summed E-state index contributed by atoms with van der Waals surface area (Å²) in [5.41, 5.74) is 2.69. The Hall–Kier alpha value is -2.79. The number of amides is 1. The van der Waals surface area contributed by atoms with E-state index in [1.54, 1.807) is 24.5 Å². The number of piperidine rings is 1. The highest BCUT2D eigenvalue weighted by atomic mass is 32.2. The first-order valence-corrected chi connectivity index (χ1v) is 11.7. The summed E-state index contributed by atoms with van der Waals surface area (Å²) in [6.07, 6.45) is 3.44. The summed E-state index contributed by atoms with van der Waals surface area (Å²) in [7, 11) is -3.67. The molecule has 3 rings (SSSR count). The zero-order chi connectivity index (χ0) is 23.8. The van der Waals surface area contributed by atoms with E-state index in [2.05, 4.69) is 10.3 Å². The van der Waals surface area contributed by atoms with Crippen LogP contribution in [-0.2, 0) is 21.5 Å². The fourth-order valence-corrected chi connectivity index (χ4v) is 3.02. The molecule has 11 heteroatoms. The Kier molecular flexibility index (Phi) is 8.90. The minimum Gasteiger partial charge on any atom is -0.445 e. The van der Waals surface area contributed by atoms with Gasteiger partial charge in [0.05, 0.1) is 12.8 Å². The second-order valence-corrected chi connectivity index (χ2v) is 9.02. The van der Waals surface area contributed by atoms with Crippen LogP contribution in [0.1, 0.15) is 17.5 Å². The van der Waals surface area contributed by atoms with Crippen LogP contribution < -0.4 is 5.32 Å². The minimum atomic E-state index is -3.67. The van der Waals surface area contributed by atoms with Crippen molar-refractivity contribution in [2.75, 3.05) is 31.2 Å². The number of alkyl halides is 2. The highest BCUT2D eigenvalue weighted by Gasteiger charge is 2.46. The molecular formula is C21H27F2N3O5S. The van der Waals surface area contributed by atoms with Crippen LogP contribution in [0, 0.1) is 12.8 Å². The smallest absolute Gasteiger partial charge is 0.410 e. The molecule has 2 aromatic rings. The van der Waals surface area contributed by atoms with Crippen LogP contribution in [0.2, 0.25) is 0 Å². The Balaban J connectivity index is 0.000000654. The van der Waals surface area contributed by atoms with Gasteiger partial charge in [-0.2, -0.15) is 8.42 Å². The summed E-state index contributed by atoms with van der Waals surface area (Å²) in [5.74, 6) is -3.81. The van der Waals surface area contributed by atoms with E-state index in [4.69, 9.17) is 9.29 Å². The van der Waals surface area contributed by atoms with E-state index in [1.807, 2.05) is 31.2 Å². The SMILES string of the molecule is CS(=O)(=O)O.Cc1ccc(COC(=O)N2CCC(CNc3ccncc3)C(F)(F)C2)cc1. The highest BCUT2D eigenvalue weighted by Crippen LogP contribution is 2.33. The van der Waals surface area contributed by atoms with Crippen LogP contribution in [0.15, 0.2) is 48.8 Å². The summed E-state index contributed by atoms with van der Waals surface area (Å²) < 4.78 is 60.0. The lowest BCUT2D eigenvalue weighted by molar-refractivity contribution is -0.101. The van der Waals surface area contributed by atoms with Crippen molar-refractivity contribution in [3.63, 3.8) is 0 Å². The van der Waals surface area contributed by atoms with Crippen molar-refractivity contribution in [1.82, 2.24) is 9.88 Å². The molecule has 0 spiro atoms. The maximum Gasteiger partial charge on any atom is 0.410 e. The molecule has 1 aromatic heterocycles. The number of carbonyl (C=O) groups excluding carboxylic acids is 1. The zero-order valence-corrected chi connectivity index (χ0v) is 18.7. The number of ether oxygens (including phenoxy) is 1. The van der Waals surface area contributed by atoms with Crippen LogP contribution in [0.4, 0.5) is 19.3 Å². The van der Waals surface area contributed by atoms with Gasteiger partial charge in [0.2, 0.25) is 0 Å². The van der Waals surface area contributed by atoms with E-state index < -0.39 is 34.6 Å². The lowest BCUT2D eigenvalue weighted by Gasteiger charge is -2.37. The molecule has 1 atom stereocenters. The monoisotopic (exact) mass is 471 g/mol. The van der Waals surface area contributed by atoms with E-state index in [-0.39, 0.29) is 26.1 Å². The van der Waals surface area contributed by atoms with Crippen LogP contribution in [0.5, 0.6) is 0 Å². The van der Waals surface area contributed by atoms with Gasteiger partial charge in [0.25, 0.3) is 16.0 Å². The van der Waals surface area contributed by atoms with Gasteiger partial charge >= 0.3 is 6.09 Å². The maximum atomic E-state index is 14.5. The Labute approximate surface area is 186 Å². The lowest BCUT2D eigenvalue weighted by atomic mass is 9.93. The molecule has 1 amide bonds. The van der Waals surface area contributed by atoms with Crippen molar-refractivity contribution in [3.05, 3.63) is 59.9 Å². The summed E-state index contributed by atoms with van der Waals surface area (Å²) in [6.45, 7) is 1.82. The Morgan fingerprint density at radius 1 is 1.25 bits per heavy atom. The summed E-state index contributed by atoms with van der Waals surface area (Å²) >= 11 is 0. The zero-order valence-electron chi connectivity index (χ0n) is 17.9. The molecule has 0 saturated carbocycles. The van der Waals surface area contributed by atoms with Gasteiger partial charge in [0.1, 0.15) is 6.61 Å². The van der Waals surface area contributed by atoms with E-state index in [0.717, 1.165) is 21.7 Å². The molecule has 176 valence electrons. The standard InChI is InChI=1S/C20H23F2N3O2.CH4O3S/c1-15-2-4-16(5-3-15)13-27-19(26)25-11-8-17(20(21,22)14-25)12-24-18-6-9-23-10-7-18;1-5(2,3)4/h2-7,9-10,17H,8,11-14H2,1H3,(H,23,24);1H3,(H,2,3,4). The largest absolute Gasteiger partial charge is 0.445 e. The number of aryl methyl sites for hydroxylation is 1. The number of hydrogen-bond acceptors (Lipinski definition) is 6. The molecule has 0 aliphatic carbocycles. The van der Waals surface area contributed by atoms with E-state index >= 15 is 0 Å². The van der Waals surface area contributed by atoms with Crippen LogP contribution in [0.3, 0.4) is 0 Å². The molecule has 2 N–H and O–H groups in total. The number of rotatable bonds is 5. The van der Waals surface area contributed by atoms with Gasteiger partial charge < -0.3 is 15.0 Å². The number of hydrogen-bond donors (Lipinski definition) is 2. The summed E-state index contributed by atoms with van der Waals surface area (Å²) in [5, 5.41) is 3.01. The molecule has 1 unspecified atom stereocenters. The molecule has 1 saturated heterocycles. The van der Waals surface area contributed by atoms with Crippen molar-refractivity contribution in [2.45, 2.75) is 25.9 Å². The van der Waals surface area contributed by atoms with E-state index in [9.17, 15) is 22.0 Å². The van der Waals surface area contributed by atoms with Crippen LogP contribution >= 0.6 is 0 Å². The lowest BCUT2D eigenvalue weighted by Crippen LogP contribution is -2.52. The predicted molar refractivity (Wildman–Crippen MR) is 116 cm³/mol. The molecule has 1 fully saturated rings. The van der Waals surface area contributed by atoms with Crippen molar-refractivity contribution in [1.29, 1.82) is 0 Å². The first-order chi connectivity index (χ1) is 14.9. The van der Waals surface area contributed by atoms with Crippen molar-refractivity contribution in [3.8, 4) is 0 Å². The van der Waals surface area contributed by atoms with Gasteiger partial charge in [-0.25, -0.2) is 13.6 Å². The predicted octanol–water partition coefficient (Wildman–Crippen LogP) is 3.60. The fourth-order valence-electron chi connectivity index (χ4n) is 3.02. The second-order valence-electron chi connectivity index (χ2n) is 7.56. The number of halogens is 2.